The molecular formula is C23H24Cl2N4O2. The van der Waals surface area contributed by atoms with E-state index in [0.29, 0.717) is 15.7 Å². The van der Waals surface area contributed by atoms with Crippen LogP contribution in [0.25, 0.3) is 16.9 Å². The van der Waals surface area contributed by atoms with Crippen LogP contribution in [0.3, 0.4) is 0 Å². The van der Waals surface area contributed by atoms with Gasteiger partial charge in [0.1, 0.15) is 6.04 Å². The Balaban J connectivity index is 1.88. The number of hydrogen-bond acceptors (Lipinski definition) is 3. The van der Waals surface area contributed by atoms with Gasteiger partial charge in [-0.1, -0.05) is 49.2 Å². The van der Waals surface area contributed by atoms with Gasteiger partial charge in [-0.15, -0.1) is 0 Å². The first kappa shape index (κ1) is 22.8. The first-order chi connectivity index (χ1) is 14.7. The number of aromatic nitrogens is 2. The maximum atomic E-state index is 12.6. The van der Waals surface area contributed by atoms with E-state index in [0.717, 1.165) is 16.9 Å². The molecule has 0 unspecified atom stereocenters. The number of nitrogens with one attached hydrogen (secondary N) is 2. The van der Waals surface area contributed by atoms with Gasteiger partial charge in [0, 0.05) is 22.5 Å². The summed E-state index contributed by atoms with van der Waals surface area (Å²) in [5, 5.41) is 11.5. The minimum absolute atomic E-state index is 0.0415. The Hall–Kier alpha value is -2.83. The molecule has 31 heavy (non-hydrogen) atoms. The molecule has 2 amide bonds. The van der Waals surface area contributed by atoms with E-state index in [1.807, 2.05) is 56.3 Å². The fourth-order valence-electron chi connectivity index (χ4n) is 3.16. The summed E-state index contributed by atoms with van der Waals surface area (Å²) in [5.74, 6) is -0.537. The smallest absolute Gasteiger partial charge is 0.243 e. The number of nitrogens with zero attached hydrogens (tertiary/aromatic N) is 2. The van der Waals surface area contributed by atoms with Crippen LogP contribution < -0.4 is 10.6 Å². The van der Waals surface area contributed by atoms with Gasteiger partial charge in [-0.05, 0) is 48.4 Å². The molecule has 1 heterocycles. The Morgan fingerprint density at radius 1 is 1.00 bits per heavy atom. The number of carbonyl (C=O) groups is 2. The fraction of sp³-hybridized carbons (Fsp3) is 0.261. The molecule has 0 bridgehead atoms. The molecule has 3 rings (SSSR count). The lowest BCUT2D eigenvalue weighted by Gasteiger charge is -2.20. The zero-order valence-corrected chi connectivity index (χ0v) is 19.0. The molecule has 162 valence electrons. The van der Waals surface area contributed by atoms with Crippen molar-refractivity contribution in [1.82, 2.24) is 20.4 Å². The molecule has 2 aromatic carbocycles. The second-order valence-corrected chi connectivity index (χ2v) is 8.43. The minimum atomic E-state index is -0.605. The van der Waals surface area contributed by atoms with Crippen molar-refractivity contribution in [3.8, 4) is 16.9 Å². The van der Waals surface area contributed by atoms with Gasteiger partial charge in [-0.3, -0.25) is 9.59 Å². The van der Waals surface area contributed by atoms with Gasteiger partial charge in [0.2, 0.25) is 11.8 Å². The highest BCUT2D eigenvalue weighted by Crippen LogP contribution is 2.26. The fourth-order valence-corrected chi connectivity index (χ4v) is 3.42. The summed E-state index contributed by atoms with van der Waals surface area (Å²) in [6.45, 7) is 5.39. The highest BCUT2D eigenvalue weighted by molar-refractivity contribution is 6.30. The van der Waals surface area contributed by atoms with Crippen LogP contribution in [-0.2, 0) is 16.1 Å². The molecule has 0 aliphatic heterocycles. The third-order valence-electron chi connectivity index (χ3n) is 4.72. The average molecular weight is 459 g/mol. The molecule has 0 radical (unpaired) electrons. The van der Waals surface area contributed by atoms with Gasteiger partial charge < -0.3 is 10.6 Å². The molecular weight excluding hydrogens is 435 g/mol. The second kappa shape index (κ2) is 9.98. The standard InChI is InChI=1S/C23H24Cl2N4O2/c1-14(2)22(27-15(3)30)23(31)26-13-19-12-21(16-4-6-17(24)7-5-16)29(28-19)20-10-8-18(25)9-11-20/h4-12,14,22H,13H2,1-3H3,(H,26,31)(H,27,30)/t22-/m0/s1. The maximum Gasteiger partial charge on any atom is 0.243 e. The Labute approximate surface area is 191 Å². The Bertz CT molecular complexity index is 997. The van der Waals surface area contributed by atoms with Crippen molar-refractivity contribution < 1.29 is 9.59 Å². The number of rotatable bonds is 7. The predicted octanol–water partition coefficient (Wildman–Crippen LogP) is 4.62. The van der Waals surface area contributed by atoms with E-state index in [1.165, 1.54) is 6.92 Å². The van der Waals surface area contributed by atoms with Crippen LogP contribution in [0.4, 0.5) is 0 Å². The zero-order valence-electron chi connectivity index (χ0n) is 17.5. The van der Waals surface area contributed by atoms with Crippen molar-refractivity contribution in [2.24, 2.45) is 5.92 Å². The third-order valence-corrected chi connectivity index (χ3v) is 5.23. The Morgan fingerprint density at radius 3 is 2.13 bits per heavy atom. The van der Waals surface area contributed by atoms with Gasteiger partial charge in [-0.2, -0.15) is 5.10 Å². The van der Waals surface area contributed by atoms with Crippen molar-refractivity contribution in [3.05, 3.63) is 70.3 Å². The minimum Gasteiger partial charge on any atom is -0.349 e. The van der Waals surface area contributed by atoms with E-state index in [-0.39, 0.29) is 24.3 Å². The molecule has 0 spiro atoms. The summed E-state index contributed by atoms with van der Waals surface area (Å²) in [4.78, 5) is 24.0. The van der Waals surface area contributed by atoms with Crippen LogP contribution in [0, 0.1) is 5.92 Å². The molecule has 0 fully saturated rings. The van der Waals surface area contributed by atoms with E-state index in [9.17, 15) is 9.59 Å². The van der Waals surface area contributed by atoms with Crippen LogP contribution in [0.15, 0.2) is 54.6 Å². The van der Waals surface area contributed by atoms with Crippen molar-refractivity contribution >= 4 is 35.0 Å². The molecule has 3 aromatic rings. The van der Waals surface area contributed by atoms with Crippen LogP contribution in [-0.4, -0.2) is 27.6 Å². The quantitative estimate of drug-likeness (QED) is 0.541. The predicted molar refractivity (Wildman–Crippen MR) is 123 cm³/mol. The molecule has 0 saturated carbocycles. The van der Waals surface area contributed by atoms with Gasteiger partial charge >= 0.3 is 0 Å². The number of halogens is 2. The Morgan fingerprint density at radius 2 is 1.58 bits per heavy atom. The molecule has 1 atom stereocenters. The molecule has 1 aromatic heterocycles. The SMILES string of the molecule is CC(=O)N[C@H](C(=O)NCc1cc(-c2ccc(Cl)cc2)n(-c2ccc(Cl)cc2)n1)C(C)C. The van der Waals surface area contributed by atoms with Gasteiger partial charge in [0.05, 0.1) is 23.6 Å². The summed E-state index contributed by atoms with van der Waals surface area (Å²) < 4.78 is 1.80. The second-order valence-electron chi connectivity index (χ2n) is 7.56. The van der Waals surface area contributed by atoms with Crippen LogP contribution in [0.5, 0.6) is 0 Å². The Kier molecular flexibility index (Phi) is 7.36. The van der Waals surface area contributed by atoms with Crippen molar-refractivity contribution in [2.75, 3.05) is 0 Å². The highest BCUT2D eigenvalue weighted by Gasteiger charge is 2.23. The normalized spacial score (nSPS) is 11.9. The molecule has 0 saturated heterocycles. The summed E-state index contributed by atoms with van der Waals surface area (Å²) in [5.41, 5.74) is 3.30. The first-order valence-electron chi connectivity index (χ1n) is 9.90. The van der Waals surface area contributed by atoms with Crippen LogP contribution in [0.2, 0.25) is 10.0 Å². The van der Waals surface area contributed by atoms with Crippen molar-refractivity contribution in [2.45, 2.75) is 33.4 Å². The molecule has 8 heteroatoms. The van der Waals surface area contributed by atoms with Crippen LogP contribution in [0.1, 0.15) is 26.5 Å². The zero-order chi connectivity index (χ0) is 22.5. The lowest BCUT2D eigenvalue weighted by molar-refractivity contribution is -0.129. The van der Waals surface area contributed by atoms with Crippen molar-refractivity contribution in [3.63, 3.8) is 0 Å². The molecule has 0 aliphatic carbocycles. The topological polar surface area (TPSA) is 76.0 Å². The molecule has 0 aliphatic rings. The third kappa shape index (κ3) is 5.87. The lowest BCUT2D eigenvalue weighted by Crippen LogP contribution is -2.48. The number of carbonyl (C=O) groups excluding carboxylic acids is 2. The lowest BCUT2D eigenvalue weighted by atomic mass is 10.0. The van der Waals surface area contributed by atoms with E-state index >= 15 is 0 Å². The number of amides is 2. The van der Waals surface area contributed by atoms with Crippen LogP contribution >= 0.6 is 23.2 Å². The summed E-state index contributed by atoms with van der Waals surface area (Å²) >= 11 is 12.1. The van der Waals surface area contributed by atoms with E-state index in [4.69, 9.17) is 23.2 Å². The van der Waals surface area contributed by atoms with Gasteiger partial charge in [0.25, 0.3) is 0 Å². The van der Waals surface area contributed by atoms with Crippen molar-refractivity contribution in [1.29, 1.82) is 0 Å². The number of benzene rings is 2. The van der Waals surface area contributed by atoms with E-state index in [1.54, 1.807) is 16.8 Å². The molecule has 6 nitrogen and oxygen atoms in total. The van der Waals surface area contributed by atoms with Gasteiger partial charge in [0.15, 0.2) is 0 Å². The van der Waals surface area contributed by atoms with E-state index in [2.05, 4.69) is 15.7 Å². The molecule has 2 N–H and O–H groups in total. The number of hydrogen-bond donors (Lipinski definition) is 2. The average Bonchev–Trinajstić information content (AvgIpc) is 3.15. The monoisotopic (exact) mass is 458 g/mol. The van der Waals surface area contributed by atoms with Gasteiger partial charge in [-0.25, -0.2) is 4.68 Å². The highest BCUT2D eigenvalue weighted by atomic mass is 35.5. The first-order valence-corrected chi connectivity index (χ1v) is 10.7. The largest absolute Gasteiger partial charge is 0.349 e. The summed E-state index contributed by atoms with van der Waals surface area (Å²) in [7, 11) is 0. The summed E-state index contributed by atoms with van der Waals surface area (Å²) in [6, 6.07) is 16.1. The van der Waals surface area contributed by atoms with E-state index < -0.39 is 6.04 Å². The summed E-state index contributed by atoms with van der Waals surface area (Å²) in [6.07, 6.45) is 0. The maximum absolute atomic E-state index is 12.6.